The lowest BCUT2D eigenvalue weighted by atomic mass is 9.83. The second kappa shape index (κ2) is 11.3. The largest absolute Gasteiger partial charge is 0.270 e. The van der Waals surface area contributed by atoms with Gasteiger partial charge in [-0.05, 0) is 44.5 Å². The maximum Gasteiger partial charge on any atom is 0.270 e. The van der Waals surface area contributed by atoms with Gasteiger partial charge in [0.25, 0.3) is 24.2 Å². The highest BCUT2D eigenvalue weighted by Gasteiger charge is 2.46. The zero-order valence-electron chi connectivity index (χ0n) is 22.1. The van der Waals surface area contributed by atoms with E-state index >= 15 is 17.6 Å². The molecule has 2 aliphatic rings. The van der Waals surface area contributed by atoms with Crippen molar-refractivity contribution in [2.75, 3.05) is 0 Å². The van der Waals surface area contributed by atoms with Crippen LogP contribution in [0, 0.1) is 53.7 Å². The molecule has 0 saturated heterocycles. The summed E-state index contributed by atoms with van der Waals surface area (Å²) in [5, 5.41) is 30.2. The summed E-state index contributed by atoms with van der Waals surface area (Å²) in [5.41, 5.74) is -7.71. The van der Waals surface area contributed by atoms with E-state index in [1.54, 1.807) is 48.5 Å². The van der Waals surface area contributed by atoms with Crippen molar-refractivity contribution in [1.29, 1.82) is 15.8 Å². The van der Waals surface area contributed by atoms with Crippen LogP contribution in [-0.2, 0) is 0 Å². The maximum atomic E-state index is 15.5. The molecule has 206 valence electrons. The van der Waals surface area contributed by atoms with Gasteiger partial charge in [-0.2, -0.15) is 5.26 Å². The Balaban J connectivity index is 2.18. The maximum absolute atomic E-state index is 15.5. The van der Waals surface area contributed by atoms with Gasteiger partial charge in [0.1, 0.15) is 6.07 Å². The quantitative estimate of drug-likeness (QED) is 0.175. The van der Waals surface area contributed by atoms with Crippen LogP contribution in [0.5, 0.6) is 0 Å². The van der Waals surface area contributed by atoms with Gasteiger partial charge in [0.2, 0.25) is 5.70 Å². The van der Waals surface area contributed by atoms with Gasteiger partial charge in [0, 0.05) is 22.3 Å². The van der Waals surface area contributed by atoms with E-state index in [0.717, 1.165) is 0 Å². The number of hydrogen-bond acceptors (Lipinski definition) is 3. The fourth-order valence-electron chi connectivity index (χ4n) is 5.74. The van der Waals surface area contributed by atoms with E-state index < -0.39 is 80.0 Å². The molecule has 0 saturated carbocycles. The van der Waals surface area contributed by atoms with E-state index in [0.29, 0.717) is 0 Å². The average molecular weight is 581 g/mol. The highest BCUT2D eigenvalue weighted by molar-refractivity contribution is 6.30. The summed E-state index contributed by atoms with van der Waals surface area (Å²) < 4.78 is 61.6. The van der Waals surface area contributed by atoms with Crippen molar-refractivity contribution in [3.63, 3.8) is 0 Å². The van der Waals surface area contributed by atoms with Crippen LogP contribution in [0.4, 0.5) is 17.6 Å². The molecule has 2 aliphatic carbocycles. The van der Waals surface area contributed by atoms with E-state index in [1.807, 2.05) is 6.07 Å². The molecule has 0 atom stereocenters. The Hall–Kier alpha value is -6.72. The Labute approximate surface area is 248 Å². The molecule has 0 heterocycles. The Bertz CT molecular complexity index is 1990. The number of nitriles is 3. The highest BCUT2D eigenvalue weighted by atomic mass is 19.3. The summed E-state index contributed by atoms with van der Waals surface area (Å²) in [6, 6.07) is 20.5. The van der Waals surface area contributed by atoms with Crippen LogP contribution in [0.1, 0.15) is 57.4 Å². The number of allylic oxidation sites excluding steroid dienone is 7. The third-order valence-electron chi connectivity index (χ3n) is 7.24. The molecule has 0 N–H and O–H groups in total. The van der Waals surface area contributed by atoms with Crippen LogP contribution in [0.3, 0.4) is 0 Å². The summed E-state index contributed by atoms with van der Waals surface area (Å²) in [6.07, 6.45) is -6.93. The van der Waals surface area contributed by atoms with Gasteiger partial charge < -0.3 is 0 Å². The first-order chi connectivity index (χ1) is 21.3. The predicted octanol–water partition coefficient (Wildman–Crippen LogP) is 9.12. The smallest absolute Gasteiger partial charge is 0.237 e. The number of fused-ring (bicyclic) bond motifs is 2. The predicted molar refractivity (Wildman–Crippen MR) is 153 cm³/mol. The highest BCUT2D eigenvalue weighted by Crippen LogP contribution is 2.61. The first-order valence-electron chi connectivity index (χ1n) is 12.5. The standard InChI is InChI=1S/C34H12F4N6/c1-42-20(15-40)25-22(17-10-6-4-7-11-17)19(14-39)24-27(25)31(34(37)38)28-26(21(16-41)43-2)23(18-12-8-5-9-13-18)32(44-3)29(28)30(24)33(35)36/h4-13,33-34H/b25-20-,26-21+. The van der Waals surface area contributed by atoms with Gasteiger partial charge >= 0.3 is 0 Å². The van der Waals surface area contributed by atoms with E-state index in [-0.39, 0.29) is 22.3 Å². The van der Waals surface area contributed by atoms with Crippen molar-refractivity contribution in [1.82, 2.24) is 0 Å². The van der Waals surface area contributed by atoms with Crippen LogP contribution >= 0.6 is 0 Å². The average Bonchev–Trinajstić information content (AvgIpc) is 3.55. The molecule has 0 fully saturated rings. The summed E-state index contributed by atoms with van der Waals surface area (Å²) in [6.45, 7) is 23.3. The molecule has 0 radical (unpaired) electrons. The van der Waals surface area contributed by atoms with E-state index in [4.69, 9.17) is 19.7 Å². The summed E-state index contributed by atoms with van der Waals surface area (Å²) in [5.74, 6) is 0. The molecule has 0 unspecified atom stereocenters. The molecule has 44 heavy (non-hydrogen) atoms. The van der Waals surface area contributed by atoms with Crippen molar-refractivity contribution >= 4 is 33.6 Å². The van der Waals surface area contributed by atoms with Gasteiger partial charge in [-0.15, -0.1) is 0 Å². The van der Waals surface area contributed by atoms with E-state index in [1.165, 1.54) is 24.3 Å². The molecule has 0 bridgehead atoms. The van der Waals surface area contributed by atoms with Crippen LogP contribution in [0.2, 0.25) is 0 Å². The monoisotopic (exact) mass is 580 g/mol. The molecular weight excluding hydrogens is 568 g/mol. The molecule has 6 nitrogen and oxygen atoms in total. The van der Waals surface area contributed by atoms with Gasteiger partial charge in [-0.1, -0.05) is 60.7 Å². The normalized spacial score (nSPS) is 15.5. The number of hydrogen-bond donors (Lipinski definition) is 0. The molecule has 0 amide bonds. The molecule has 10 heteroatoms. The van der Waals surface area contributed by atoms with Crippen molar-refractivity contribution in [2.24, 2.45) is 0 Å². The van der Waals surface area contributed by atoms with Gasteiger partial charge in [-0.3, -0.25) is 0 Å². The van der Waals surface area contributed by atoms with Crippen molar-refractivity contribution in [3.8, 4) is 18.2 Å². The van der Waals surface area contributed by atoms with Crippen molar-refractivity contribution < 1.29 is 17.6 Å². The third kappa shape index (κ3) is 4.04. The SMILES string of the molecule is [C-]#[N+]C1=C(c2ccccc2)/C(=C(/C#N)[N+]#[C-])c2c1c(C(F)F)c1c(c2C(F)F)/C(=C(/C#N)[N+]#[C-])C(c2ccccc2)=C1C#N. The van der Waals surface area contributed by atoms with E-state index in [9.17, 15) is 15.8 Å². The molecule has 0 aromatic heterocycles. The summed E-state index contributed by atoms with van der Waals surface area (Å²) in [4.78, 5) is 9.87. The Morgan fingerprint density at radius 1 is 0.614 bits per heavy atom. The minimum atomic E-state index is -3.48. The lowest BCUT2D eigenvalue weighted by molar-refractivity contribution is 0.146. The third-order valence-corrected chi connectivity index (χ3v) is 7.24. The Morgan fingerprint density at radius 2 is 1.05 bits per heavy atom. The van der Waals surface area contributed by atoms with Crippen LogP contribution in [0.15, 0.2) is 72.1 Å². The number of rotatable bonds is 4. The fraction of sp³-hybridized carbons (Fsp3) is 0.0588. The number of halogens is 4. The van der Waals surface area contributed by atoms with Crippen LogP contribution < -0.4 is 0 Å². The number of alkyl halides is 4. The molecule has 0 spiro atoms. The van der Waals surface area contributed by atoms with Crippen LogP contribution in [0.25, 0.3) is 48.1 Å². The second-order valence-electron chi connectivity index (χ2n) is 9.25. The van der Waals surface area contributed by atoms with Crippen molar-refractivity contribution in [3.05, 3.63) is 151 Å². The molecule has 3 aromatic rings. The lowest BCUT2D eigenvalue weighted by Gasteiger charge is -2.22. The zero-order chi connectivity index (χ0) is 31.7. The van der Waals surface area contributed by atoms with E-state index in [2.05, 4.69) is 14.5 Å². The van der Waals surface area contributed by atoms with Crippen molar-refractivity contribution in [2.45, 2.75) is 12.9 Å². The van der Waals surface area contributed by atoms with Crippen LogP contribution in [-0.4, -0.2) is 0 Å². The first kappa shape index (κ1) is 28.8. The van der Waals surface area contributed by atoms with Gasteiger partial charge in [0.15, 0.2) is 0 Å². The Kier molecular flexibility index (Phi) is 7.38. The molecule has 3 aromatic carbocycles. The van der Waals surface area contributed by atoms with Gasteiger partial charge in [0.05, 0.1) is 37.4 Å². The number of nitrogens with zero attached hydrogens (tertiary/aromatic N) is 6. The zero-order valence-corrected chi connectivity index (χ0v) is 22.1. The molecule has 5 rings (SSSR count). The second-order valence-corrected chi connectivity index (χ2v) is 9.25. The minimum Gasteiger partial charge on any atom is -0.237 e. The Morgan fingerprint density at radius 3 is 1.45 bits per heavy atom. The fourth-order valence-corrected chi connectivity index (χ4v) is 5.74. The minimum absolute atomic E-state index is 0.169. The summed E-state index contributed by atoms with van der Waals surface area (Å²) in [7, 11) is 0. The summed E-state index contributed by atoms with van der Waals surface area (Å²) >= 11 is 0. The lowest BCUT2D eigenvalue weighted by Crippen LogP contribution is -2.09. The molecular formula is C34H12F4N6. The van der Waals surface area contributed by atoms with Gasteiger partial charge in [-0.25, -0.2) is 42.6 Å². The molecule has 0 aliphatic heterocycles. The first-order valence-corrected chi connectivity index (χ1v) is 12.5. The topological polar surface area (TPSA) is 84.4 Å². The number of benzene rings is 3.